The molecule has 1 heterocycles. The number of nitrogens with zero attached hydrogens (tertiary/aromatic N) is 3. The minimum atomic E-state index is -0.653. The quantitative estimate of drug-likeness (QED) is 0.112. The second kappa shape index (κ2) is 11.2. The van der Waals surface area contributed by atoms with Crippen molar-refractivity contribution < 1.29 is 24.2 Å². The molecule has 0 spiro atoms. The third-order valence-corrected chi connectivity index (χ3v) is 6.26. The fourth-order valence-corrected chi connectivity index (χ4v) is 4.45. The Labute approximate surface area is 229 Å². The number of allylic oxidation sites excluding steroid dienone is 1. The van der Waals surface area contributed by atoms with Crippen LogP contribution < -0.4 is 9.64 Å². The van der Waals surface area contributed by atoms with Crippen LogP contribution in [0, 0.1) is 20.2 Å². The van der Waals surface area contributed by atoms with Crippen molar-refractivity contribution in [1.29, 1.82) is 0 Å². The molecule has 10 heteroatoms. The first-order valence-electron chi connectivity index (χ1n) is 12.2. The summed E-state index contributed by atoms with van der Waals surface area (Å²) in [4.78, 5) is 48.1. The van der Waals surface area contributed by atoms with Crippen molar-refractivity contribution in [3.63, 3.8) is 0 Å². The van der Waals surface area contributed by atoms with Gasteiger partial charge in [-0.3, -0.25) is 29.9 Å². The zero-order valence-corrected chi connectivity index (χ0v) is 21.9. The first-order chi connectivity index (χ1) is 18.9. The SMILES string of the molecule is CC1=CC(C)(C)N(C(=O)C=Cc2ccc([N+](=O)[O-])cc2)c2ccc(OC(=O)C=Cc3ccc([N+](=O)[O-])cc3)cc21. The van der Waals surface area contributed by atoms with Gasteiger partial charge in [-0.1, -0.05) is 6.08 Å². The fourth-order valence-electron chi connectivity index (χ4n) is 4.45. The average Bonchev–Trinajstić information content (AvgIpc) is 2.91. The minimum Gasteiger partial charge on any atom is -0.423 e. The Morgan fingerprint density at radius 1 is 0.825 bits per heavy atom. The molecule has 0 saturated carbocycles. The third kappa shape index (κ3) is 6.18. The largest absolute Gasteiger partial charge is 0.423 e. The number of amides is 1. The minimum absolute atomic E-state index is 0.0338. The van der Waals surface area contributed by atoms with Crippen LogP contribution in [0.5, 0.6) is 5.75 Å². The molecule has 202 valence electrons. The lowest BCUT2D eigenvalue weighted by Gasteiger charge is -2.41. The summed E-state index contributed by atoms with van der Waals surface area (Å²) in [5.74, 6) is -0.627. The van der Waals surface area contributed by atoms with Crippen LogP contribution in [0.25, 0.3) is 17.7 Å². The Balaban J connectivity index is 1.52. The van der Waals surface area contributed by atoms with Crippen LogP contribution in [0.2, 0.25) is 0 Å². The smallest absolute Gasteiger partial charge is 0.336 e. The lowest BCUT2D eigenvalue weighted by Crippen LogP contribution is -2.48. The number of hydrogen-bond donors (Lipinski definition) is 0. The van der Waals surface area contributed by atoms with Gasteiger partial charge < -0.3 is 4.74 Å². The van der Waals surface area contributed by atoms with E-state index in [0.29, 0.717) is 22.6 Å². The van der Waals surface area contributed by atoms with E-state index < -0.39 is 21.4 Å². The summed E-state index contributed by atoms with van der Waals surface area (Å²) >= 11 is 0. The van der Waals surface area contributed by atoms with Gasteiger partial charge >= 0.3 is 5.97 Å². The van der Waals surface area contributed by atoms with Gasteiger partial charge in [0.05, 0.1) is 21.1 Å². The lowest BCUT2D eigenvalue weighted by atomic mass is 9.88. The van der Waals surface area contributed by atoms with Crippen molar-refractivity contribution in [2.45, 2.75) is 26.3 Å². The van der Waals surface area contributed by atoms with Gasteiger partial charge in [0.1, 0.15) is 5.75 Å². The molecule has 0 fully saturated rings. The Kier molecular flexibility index (Phi) is 7.71. The molecule has 1 aliphatic rings. The highest BCUT2D eigenvalue weighted by Gasteiger charge is 2.35. The van der Waals surface area contributed by atoms with Crippen LogP contribution in [-0.2, 0) is 9.59 Å². The highest BCUT2D eigenvalue weighted by molar-refractivity contribution is 6.08. The van der Waals surface area contributed by atoms with E-state index in [1.807, 2.05) is 26.8 Å². The monoisotopic (exact) mass is 539 g/mol. The molecule has 40 heavy (non-hydrogen) atoms. The van der Waals surface area contributed by atoms with Gasteiger partial charge in [0.15, 0.2) is 0 Å². The van der Waals surface area contributed by atoms with Crippen LogP contribution in [-0.4, -0.2) is 27.3 Å². The molecule has 10 nitrogen and oxygen atoms in total. The number of ether oxygens (including phenoxy) is 1. The number of nitro groups is 2. The van der Waals surface area contributed by atoms with E-state index in [2.05, 4.69) is 0 Å². The van der Waals surface area contributed by atoms with Crippen LogP contribution >= 0.6 is 0 Å². The van der Waals surface area contributed by atoms with Gasteiger partial charge in [0, 0.05) is 42.0 Å². The molecule has 0 saturated heterocycles. The van der Waals surface area contributed by atoms with E-state index in [4.69, 9.17) is 4.74 Å². The molecule has 0 aliphatic carbocycles. The number of rotatable bonds is 7. The predicted octanol–water partition coefficient (Wildman–Crippen LogP) is 6.36. The first kappa shape index (κ1) is 27.6. The second-order valence-corrected chi connectivity index (χ2v) is 9.62. The zero-order chi connectivity index (χ0) is 29.0. The number of nitro benzene ring substituents is 2. The third-order valence-electron chi connectivity index (χ3n) is 6.26. The molecule has 0 bridgehead atoms. The van der Waals surface area contributed by atoms with Crippen LogP contribution in [0.15, 0.2) is 85.0 Å². The van der Waals surface area contributed by atoms with Gasteiger partial charge in [-0.05, 0) is 92.1 Å². The van der Waals surface area contributed by atoms with Gasteiger partial charge in [-0.2, -0.15) is 0 Å². The van der Waals surface area contributed by atoms with E-state index in [1.54, 1.807) is 41.3 Å². The van der Waals surface area contributed by atoms with Gasteiger partial charge in [-0.15, -0.1) is 0 Å². The molecule has 4 rings (SSSR count). The van der Waals surface area contributed by atoms with Crippen molar-refractivity contribution in [1.82, 2.24) is 0 Å². The summed E-state index contributed by atoms with van der Waals surface area (Å²) in [5.41, 5.74) is 2.78. The molecular formula is C30H25N3O7. The topological polar surface area (TPSA) is 133 Å². The van der Waals surface area contributed by atoms with E-state index >= 15 is 0 Å². The molecule has 0 aromatic heterocycles. The summed E-state index contributed by atoms with van der Waals surface area (Å²) in [6, 6.07) is 16.6. The first-order valence-corrected chi connectivity index (χ1v) is 12.2. The summed E-state index contributed by atoms with van der Waals surface area (Å²) in [6.07, 6.45) is 7.69. The maximum Gasteiger partial charge on any atom is 0.336 e. The highest BCUT2D eigenvalue weighted by atomic mass is 16.6. The van der Waals surface area contributed by atoms with Crippen LogP contribution in [0.4, 0.5) is 17.1 Å². The maximum atomic E-state index is 13.3. The normalized spacial score (nSPS) is 14.1. The van der Waals surface area contributed by atoms with E-state index in [0.717, 1.165) is 11.1 Å². The van der Waals surface area contributed by atoms with Crippen molar-refractivity contribution in [3.05, 3.63) is 122 Å². The number of carbonyl (C=O) groups is 2. The number of carbonyl (C=O) groups excluding carboxylic acids is 2. The van der Waals surface area contributed by atoms with Crippen molar-refractivity contribution in [2.75, 3.05) is 4.90 Å². The molecule has 1 aliphatic heterocycles. The zero-order valence-electron chi connectivity index (χ0n) is 21.9. The molecule has 0 N–H and O–H groups in total. The van der Waals surface area contributed by atoms with Crippen molar-refractivity contribution in [2.24, 2.45) is 0 Å². The summed E-state index contributed by atoms with van der Waals surface area (Å²) < 4.78 is 5.47. The standard InChI is InChI=1S/C30H25N3O7/c1-20-19-30(2,3)31(28(34)16-8-21-4-10-23(11-5-21)32(36)37)27-15-14-25(18-26(20)27)40-29(35)17-9-22-6-12-24(13-7-22)33(38)39/h4-19H,1-3H3. The Morgan fingerprint density at radius 2 is 1.35 bits per heavy atom. The fraction of sp³-hybridized carbons (Fsp3) is 0.133. The lowest BCUT2D eigenvalue weighted by molar-refractivity contribution is -0.385. The Morgan fingerprint density at radius 3 is 1.88 bits per heavy atom. The van der Waals surface area contributed by atoms with E-state index in [-0.39, 0.29) is 17.3 Å². The molecule has 0 atom stereocenters. The predicted molar refractivity (Wildman–Crippen MR) is 152 cm³/mol. The van der Waals surface area contributed by atoms with E-state index in [9.17, 15) is 29.8 Å². The van der Waals surface area contributed by atoms with Gasteiger partial charge in [0.2, 0.25) is 0 Å². The van der Waals surface area contributed by atoms with Gasteiger partial charge in [-0.25, -0.2) is 4.79 Å². The number of esters is 1. The molecular weight excluding hydrogens is 514 g/mol. The van der Waals surface area contributed by atoms with Crippen LogP contribution in [0.3, 0.4) is 0 Å². The Hall–Kier alpha value is -5.38. The number of non-ortho nitro benzene ring substituents is 2. The molecule has 0 radical (unpaired) electrons. The number of benzene rings is 3. The van der Waals surface area contributed by atoms with Crippen molar-refractivity contribution in [3.8, 4) is 5.75 Å². The molecule has 1 amide bonds. The maximum absolute atomic E-state index is 13.3. The number of anilines is 1. The highest BCUT2D eigenvalue weighted by Crippen LogP contribution is 2.41. The Bertz CT molecular complexity index is 1580. The second-order valence-electron chi connectivity index (χ2n) is 9.62. The van der Waals surface area contributed by atoms with Crippen LogP contribution in [0.1, 0.15) is 37.5 Å². The number of fused-ring (bicyclic) bond motifs is 1. The summed E-state index contributed by atoms with van der Waals surface area (Å²) in [7, 11) is 0. The van der Waals surface area contributed by atoms with Crippen molar-refractivity contribution >= 4 is 46.7 Å². The molecule has 0 unspecified atom stereocenters. The van der Waals surface area contributed by atoms with Gasteiger partial charge in [0.25, 0.3) is 17.3 Å². The number of hydrogen-bond acceptors (Lipinski definition) is 7. The molecule has 3 aromatic rings. The average molecular weight is 540 g/mol. The summed E-state index contributed by atoms with van der Waals surface area (Å²) in [6.45, 7) is 5.73. The summed E-state index contributed by atoms with van der Waals surface area (Å²) in [5, 5.41) is 21.7. The van der Waals surface area contributed by atoms with E-state index in [1.165, 1.54) is 54.6 Å². The molecule has 3 aromatic carbocycles.